The van der Waals surface area contributed by atoms with E-state index in [1.165, 1.54) is 23.2 Å². The van der Waals surface area contributed by atoms with Crippen LogP contribution in [0.2, 0.25) is 0 Å². The van der Waals surface area contributed by atoms with Crippen LogP contribution in [0.5, 0.6) is 0 Å². The molecule has 2 rings (SSSR count). The van der Waals surface area contributed by atoms with Crippen LogP contribution in [0.25, 0.3) is 11.2 Å². The third-order valence-electron chi connectivity index (χ3n) is 2.87. The zero-order valence-electron chi connectivity index (χ0n) is 10.3. The van der Waals surface area contributed by atoms with E-state index in [-0.39, 0.29) is 23.6 Å². The second-order valence-corrected chi connectivity index (χ2v) is 5.20. The standard InChI is InChI=1S/C10H12BrClN4O3/c1-14-7-6(8(18)15(2)10(14)19)16(9(11)13-7)4-5(17)3-12/h5,17H,3-4H2,1-2H3/t5-/m0/s1. The van der Waals surface area contributed by atoms with Gasteiger partial charge in [-0.3, -0.25) is 13.9 Å². The molecule has 0 fully saturated rings. The summed E-state index contributed by atoms with van der Waals surface area (Å²) in [6, 6.07) is 0. The lowest BCUT2D eigenvalue weighted by molar-refractivity contribution is 0.177. The minimum Gasteiger partial charge on any atom is -0.390 e. The maximum Gasteiger partial charge on any atom is 0.332 e. The van der Waals surface area contributed by atoms with E-state index in [2.05, 4.69) is 20.9 Å². The van der Waals surface area contributed by atoms with Gasteiger partial charge < -0.3 is 9.67 Å². The average molecular weight is 352 g/mol. The number of alkyl halides is 1. The van der Waals surface area contributed by atoms with Crippen molar-refractivity contribution in [3.63, 3.8) is 0 Å². The average Bonchev–Trinajstić information content (AvgIpc) is 2.71. The molecule has 104 valence electrons. The van der Waals surface area contributed by atoms with E-state index in [1.807, 2.05) is 0 Å². The highest BCUT2D eigenvalue weighted by Crippen LogP contribution is 2.16. The van der Waals surface area contributed by atoms with Crippen molar-refractivity contribution >= 4 is 38.7 Å². The quantitative estimate of drug-likeness (QED) is 0.613. The summed E-state index contributed by atoms with van der Waals surface area (Å²) in [5.74, 6) is 0.0399. The van der Waals surface area contributed by atoms with Gasteiger partial charge in [0.05, 0.1) is 18.5 Å². The van der Waals surface area contributed by atoms with Crippen molar-refractivity contribution in [1.29, 1.82) is 0 Å². The number of aryl methyl sites for hydroxylation is 1. The van der Waals surface area contributed by atoms with Crippen LogP contribution in [-0.2, 0) is 20.6 Å². The number of halogens is 2. The highest BCUT2D eigenvalue weighted by molar-refractivity contribution is 9.10. The number of hydrogen-bond donors (Lipinski definition) is 1. The Kier molecular flexibility index (Phi) is 3.84. The Morgan fingerprint density at radius 2 is 2.00 bits per heavy atom. The Balaban J connectivity index is 2.83. The minimum atomic E-state index is -0.808. The molecule has 0 aromatic carbocycles. The third-order valence-corrected chi connectivity index (χ3v) is 3.83. The van der Waals surface area contributed by atoms with Crippen LogP contribution < -0.4 is 11.2 Å². The molecule has 2 aromatic rings. The van der Waals surface area contributed by atoms with Gasteiger partial charge in [0.1, 0.15) is 0 Å². The highest BCUT2D eigenvalue weighted by atomic mass is 79.9. The van der Waals surface area contributed by atoms with Gasteiger partial charge >= 0.3 is 5.69 Å². The molecule has 2 heterocycles. The number of rotatable bonds is 3. The van der Waals surface area contributed by atoms with Crippen molar-refractivity contribution in [3.05, 3.63) is 25.6 Å². The zero-order valence-corrected chi connectivity index (χ0v) is 12.6. The van der Waals surface area contributed by atoms with Crippen LogP contribution in [0.3, 0.4) is 0 Å². The molecule has 0 aliphatic rings. The first-order valence-corrected chi connectivity index (χ1v) is 6.77. The fourth-order valence-corrected chi connectivity index (χ4v) is 2.43. The van der Waals surface area contributed by atoms with Gasteiger partial charge in [-0.15, -0.1) is 11.6 Å². The Morgan fingerprint density at radius 3 is 2.58 bits per heavy atom. The first-order chi connectivity index (χ1) is 8.88. The number of aliphatic hydroxyl groups excluding tert-OH is 1. The lowest BCUT2D eigenvalue weighted by Gasteiger charge is -2.10. The Labute approximate surface area is 121 Å². The number of aliphatic hydroxyl groups is 1. The van der Waals surface area contributed by atoms with Crippen molar-refractivity contribution in [3.8, 4) is 0 Å². The molecule has 0 spiro atoms. The van der Waals surface area contributed by atoms with E-state index < -0.39 is 17.4 Å². The maximum atomic E-state index is 12.2. The van der Waals surface area contributed by atoms with Crippen LogP contribution in [0, 0.1) is 0 Å². The van der Waals surface area contributed by atoms with Crippen LogP contribution >= 0.6 is 27.5 Å². The molecule has 2 aromatic heterocycles. The summed E-state index contributed by atoms with van der Waals surface area (Å²) < 4.78 is 4.15. The molecule has 7 nitrogen and oxygen atoms in total. The normalized spacial score (nSPS) is 13.1. The van der Waals surface area contributed by atoms with Gasteiger partial charge in [0, 0.05) is 14.1 Å². The molecule has 0 unspecified atom stereocenters. The van der Waals surface area contributed by atoms with Gasteiger partial charge in [0.2, 0.25) is 0 Å². The van der Waals surface area contributed by atoms with Gasteiger partial charge in [-0.1, -0.05) is 0 Å². The van der Waals surface area contributed by atoms with E-state index in [9.17, 15) is 14.7 Å². The largest absolute Gasteiger partial charge is 0.390 e. The Morgan fingerprint density at radius 1 is 1.37 bits per heavy atom. The van der Waals surface area contributed by atoms with Crippen LogP contribution in [0.4, 0.5) is 0 Å². The summed E-state index contributed by atoms with van der Waals surface area (Å²) in [6.07, 6.45) is -0.808. The van der Waals surface area contributed by atoms with Crippen molar-refractivity contribution in [2.45, 2.75) is 12.6 Å². The molecule has 1 atom stereocenters. The third kappa shape index (κ3) is 2.24. The van der Waals surface area contributed by atoms with Gasteiger partial charge in [0.15, 0.2) is 15.9 Å². The van der Waals surface area contributed by atoms with Crippen molar-refractivity contribution in [1.82, 2.24) is 18.7 Å². The molecule has 0 amide bonds. The van der Waals surface area contributed by atoms with Gasteiger partial charge in [-0.2, -0.15) is 0 Å². The smallest absolute Gasteiger partial charge is 0.332 e. The lowest BCUT2D eigenvalue weighted by Crippen LogP contribution is -2.37. The van der Waals surface area contributed by atoms with Gasteiger partial charge in [0.25, 0.3) is 5.56 Å². The number of fused-ring (bicyclic) bond motifs is 1. The van der Waals surface area contributed by atoms with Crippen molar-refractivity contribution in [2.75, 3.05) is 5.88 Å². The predicted octanol–water partition coefficient (Wildman–Crippen LogP) is -0.204. The molecule has 1 N–H and O–H groups in total. The minimum absolute atomic E-state index is 0.0399. The molecule has 0 aliphatic heterocycles. The van der Waals surface area contributed by atoms with Crippen LogP contribution in [0.1, 0.15) is 0 Å². The summed E-state index contributed by atoms with van der Waals surface area (Å²) in [5, 5.41) is 9.62. The Bertz CT molecular complexity index is 748. The first kappa shape index (κ1) is 14.3. The van der Waals surface area contributed by atoms with Crippen molar-refractivity contribution < 1.29 is 5.11 Å². The molecule has 19 heavy (non-hydrogen) atoms. The monoisotopic (exact) mass is 350 g/mol. The molecule has 0 saturated heterocycles. The van der Waals surface area contributed by atoms with Crippen molar-refractivity contribution in [2.24, 2.45) is 14.1 Å². The second kappa shape index (κ2) is 5.10. The predicted molar refractivity (Wildman–Crippen MR) is 74.6 cm³/mol. The molecular weight excluding hydrogens is 339 g/mol. The maximum absolute atomic E-state index is 12.2. The fourth-order valence-electron chi connectivity index (χ4n) is 1.85. The lowest BCUT2D eigenvalue weighted by atomic mass is 10.4. The van der Waals surface area contributed by atoms with E-state index in [0.717, 1.165) is 4.57 Å². The molecule has 0 saturated carbocycles. The number of aromatic nitrogens is 4. The highest BCUT2D eigenvalue weighted by Gasteiger charge is 2.19. The first-order valence-electron chi connectivity index (χ1n) is 5.44. The molecule has 0 bridgehead atoms. The molecule has 0 aliphatic carbocycles. The molecule has 9 heteroatoms. The summed E-state index contributed by atoms with van der Waals surface area (Å²) in [4.78, 5) is 28.1. The summed E-state index contributed by atoms with van der Waals surface area (Å²) >= 11 is 8.78. The zero-order chi connectivity index (χ0) is 14.3. The second-order valence-electron chi connectivity index (χ2n) is 4.18. The SMILES string of the molecule is Cn1c(=O)c2c(nc(Br)n2C[C@@H](O)CCl)n(C)c1=O. The summed E-state index contributed by atoms with van der Waals surface area (Å²) in [7, 11) is 2.93. The number of imidazole rings is 1. The van der Waals surface area contributed by atoms with Gasteiger partial charge in [-0.25, -0.2) is 9.78 Å². The van der Waals surface area contributed by atoms with E-state index >= 15 is 0 Å². The van der Waals surface area contributed by atoms with E-state index in [4.69, 9.17) is 11.6 Å². The fraction of sp³-hybridized carbons (Fsp3) is 0.500. The van der Waals surface area contributed by atoms with E-state index in [0.29, 0.717) is 4.73 Å². The number of nitrogens with zero attached hydrogens (tertiary/aromatic N) is 4. The molecule has 0 radical (unpaired) electrons. The molecular formula is C10H12BrClN4O3. The summed E-state index contributed by atoms with van der Waals surface area (Å²) in [5.41, 5.74) is -0.395. The van der Waals surface area contributed by atoms with Crippen LogP contribution in [-0.4, -0.2) is 35.8 Å². The summed E-state index contributed by atoms with van der Waals surface area (Å²) in [6.45, 7) is 0.119. The van der Waals surface area contributed by atoms with Crippen LogP contribution in [0.15, 0.2) is 14.3 Å². The number of hydrogen-bond acceptors (Lipinski definition) is 4. The topological polar surface area (TPSA) is 82.0 Å². The Hall–Kier alpha value is -1.12. The van der Waals surface area contributed by atoms with E-state index in [1.54, 1.807) is 0 Å². The van der Waals surface area contributed by atoms with Gasteiger partial charge in [-0.05, 0) is 15.9 Å².